The second-order valence-corrected chi connectivity index (χ2v) is 10.3. The summed E-state index contributed by atoms with van der Waals surface area (Å²) in [7, 11) is 0. The fraction of sp³-hybridized carbons (Fsp3) is 0. The van der Waals surface area contributed by atoms with E-state index in [0.29, 0.717) is 0 Å². The van der Waals surface area contributed by atoms with E-state index in [1.165, 1.54) is 0 Å². The van der Waals surface area contributed by atoms with Crippen LogP contribution in [0.1, 0.15) is 0 Å². The van der Waals surface area contributed by atoms with Gasteiger partial charge in [0.15, 0.2) is 0 Å². The van der Waals surface area contributed by atoms with Crippen molar-refractivity contribution >= 4 is 94.0 Å². The molecule has 0 atom stereocenters. The molecule has 0 bridgehead atoms. The Bertz CT molecular complexity index is 2820. The van der Waals surface area contributed by atoms with Crippen molar-refractivity contribution in [2.75, 3.05) is 0 Å². The lowest BCUT2D eigenvalue weighted by atomic mass is 10.1. The summed E-state index contributed by atoms with van der Waals surface area (Å²) in [6, 6.07) is 31.2. The van der Waals surface area contributed by atoms with E-state index in [-0.39, 0.29) is 0 Å². The van der Waals surface area contributed by atoms with Crippen LogP contribution >= 0.6 is 0 Å². The standard InChI is InChI=1S/C32H15N5O2/c1-3-10-24-16(6-1)18-14-23-19(15-27(18)39-24)33-31-36(23)22-9-5-8-21-30(22)37(31)32-34-29-20(35(21)32)12-13-26-28(29)17-7-2-4-11-25(17)38-26/h1-15H. The van der Waals surface area contributed by atoms with Gasteiger partial charge in [0, 0.05) is 22.2 Å². The van der Waals surface area contributed by atoms with Crippen LogP contribution in [-0.4, -0.2) is 23.2 Å². The molecule has 5 aromatic carbocycles. The Morgan fingerprint density at radius 2 is 1.21 bits per heavy atom. The number of nitrogens with zero attached hydrogens (tertiary/aromatic N) is 5. The maximum Gasteiger partial charge on any atom is 0.223 e. The van der Waals surface area contributed by atoms with Crippen LogP contribution in [0, 0.1) is 0 Å². The molecule has 11 aromatic rings. The van der Waals surface area contributed by atoms with Crippen molar-refractivity contribution in [3.63, 3.8) is 0 Å². The van der Waals surface area contributed by atoms with Crippen molar-refractivity contribution in [2.24, 2.45) is 0 Å². The summed E-state index contributed by atoms with van der Waals surface area (Å²) in [6.45, 7) is 0. The third kappa shape index (κ3) is 1.97. The number of para-hydroxylation sites is 3. The molecule has 0 N–H and O–H groups in total. The lowest BCUT2D eigenvalue weighted by Crippen LogP contribution is -1.87. The second-order valence-electron chi connectivity index (χ2n) is 10.3. The average Bonchev–Trinajstić information content (AvgIpc) is 3.77. The van der Waals surface area contributed by atoms with E-state index < -0.39 is 0 Å². The zero-order valence-electron chi connectivity index (χ0n) is 20.2. The van der Waals surface area contributed by atoms with Crippen molar-refractivity contribution in [3.8, 4) is 0 Å². The molecule has 0 saturated heterocycles. The molecule has 0 saturated carbocycles. The molecule has 7 heteroatoms. The summed E-state index contributed by atoms with van der Waals surface area (Å²) in [5.41, 5.74) is 10.7. The normalized spacial score (nSPS) is 13.1. The third-order valence-corrected chi connectivity index (χ3v) is 8.38. The molecule has 180 valence electrons. The molecule has 0 unspecified atom stereocenters. The smallest absolute Gasteiger partial charge is 0.223 e. The van der Waals surface area contributed by atoms with Gasteiger partial charge in [0.25, 0.3) is 0 Å². The van der Waals surface area contributed by atoms with Gasteiger partial charge in [0.2, 0.25) is 11.6 Å². The van der Waals surface area contributed by atoms with Crippen LogP contribution in [0.3, 0.4) is 0 Å². The fourth-order valence-electron chi connectivity index (χ4n) is 6.80. The first-order chi connectivity index (χ1) is 19.3. The summed E-state index contributed by atoms with van der Waals surface area (Å²) < 4.78 is 19.0. The molecular formula is C32H15N5O2. The Morgan fingerprint density at radius 1 is 0.487 bits per heavy atom. The Hall–Kier alpha value is -5.56. The molecule has 7 nitrogen and oxygen atoms in total. The molecule has 0 aliphatic carbocycles. The molecule has 6 aromatic heterocycles. The predicted octanol–water partition coefficient (Wildman–Crippen LogP) is 7.93. The van der Waals surface area contributed by atoms with Crippen LogP contribution < -0.4 is 0 Å². The van der Waals surface area contributed by atoms with Crippen LogP contribution in [0.25, 0.3) is 94.0 Å². The fourth-order valence-corrected chi connectivity index (χ4v) is 6.80. The summed E-state index contributed by atoms with van der Waals surface area (Å²) in [4.78, 5) is 10.4. The van der Waals surface area contributed by atoms with Crippen molar-refractivity contribution < 1.29 is 8.83 Å². The molecule has 0 radical (unpaired) electrons. The minimum Gasteiger partial charge on any atom is -0.456 e. The van der Waals surface area contributed by atoms with Gasteiger partial charge in [0.1, 0.15) is 33.4 Å². The largest absolute Gasteiger partial charge is 0.456 e. The number of furan rings is 2. The van der Waals surface area contributed by atoms with Gasteiger partial charge >= 0.3 is 0 Å². The third-order valence-electron chi connectivity index (χ3n) is 8.38. The van der Waals surface area contributed by atoms with E-state index in [9.17, 15) is 0 Å². The number of hydrogen-bond donors (Lipinski definition) is 0. The minimum absolute atomic E-state index is 0.840. The Balaban J connectivity index is 1.36. The highest BCUT2D eigenvalue weighted by Crippen LogP contribution is 2.39. The van der Waals surface area contributed by atoms with Gasteiger partial charge in [-0.15, -0.1) is 0 Å². The molecular weight excluding hydrogens is 486 g/mol. The van der Waals surface area contributed by atoms with Crippen LogP contribution in [0.15, 0.2) is 99.8 Å². The van der Waals surface area contributed by atoms with Crippen LogP contribution in [-0.2, 0) is 0 Å². The summed E-state index contributed by atoms with van der Waals surface area (Å²) in [5, 5.41) is 4.32. The lowest BCUT2D eigenvalue weighted by Gasteiger charge is -1.98. The van der Waals surface area contributed by atoms with Gasteiger partial charge in [-0.1, -0.05) is 42.5 Å². The number of imidazole rings is 4. The Morgan fingerprint density at radius 3 is 2.08 bits per heavy atom. The summed E-state index contributed by atoms with van der Waals surface area (Å²) >= 11 is 0. The molecule has 39 heavy (non-hydrogen) atoms. The molecule has 0 fully saturated rings. The van der Waals surface area contributed by atoms with Crippen LogP contribution in [0.2, 0.25) is 0 Å². The second kappa shape index (κ2) is 5.95. The summed E-state index contributed by atoms with van der Waals surface area (Å²) in [5.74, 6) is 1.68. The number of hydrogen-bond acceptors (Lipinski definition) is 4. The van der Waals surface area contributed by atoms with Gasteiger partial charge in [-0.25, -0.2) is 14.4 Å². The van der Waals surface area contributed by atoms with E-state index in [0.717, 1.165) is 94.0 Å². The van der Waals surface area contributed by atoms with Crippen molar-refractivity contribution in [3.05, 3.63) is 91.0 Å². The monoisotopic (exact) mass is 501 g/mol. The summed E-state index contributed by atoms with van der Waals surface area (Å²) in [6.07, 6.45) is 0. The first-order valence-corrected chi connectivity index (χ1v) is 12.9. The van der Waals surface area contributed by atoms with E-state index in [2.05, 4.69) is 73.9 Å². The zero-order chi connectivity index (χ0) is 25.0. The van der Waals surface area contributed by atoms with Gasteiger partial charge in [-0.3, -0.25) is 8.80 Å². The van der Waals surface area contributed by atoms with Crippen LogP contribution in [0.5, 0.6) is 0 Å². The highest BCUT2D eigenvalue weighted by molar-refractivity contribution is 6.18. The predicted molar refractivity (Wildman–Crippen MR) is 153 cm³/mol. The van der Waals surface area contributed by atoms with Gasteiger partial charge in [-0.05, 0) is 42.5 Å². The lowest BCUT2D eigenvalue weighted by molar-refractivity contribution is 0.669. The van der Waals surface area contributed by atoms with Crippen molar-refractivity contribution in [1.29, 1.82) is 0 Å². The van der Waals surface area contributed by atoms with Crippen molar-refractivity contribution in [1.82, 2.24) is 23.2 Å². The van der Waals surface area contributed by atoms with Gasteiger partial charge in [-0.2, -0.15) is 0 Å². The molecule has 0 aliphatic heterocycles. The van der Waals surface area contributed by atoms with Crippen molar-refractivity contribution in [2.45, 2.75) is 0 Å². The number of rotatable bonds is 0. The Kier molecular flexibility index (Phi) is 2.84. The highest BCUT2D eigenvalue weighted by atomic mass is 16.3. The van der Waals surface area contributed by atoms with E-state index >= 15 is 0 Å². The quantitative estimate of drug-likeness (QED) is 0.212. The Labute approximate surface area is 217 Å². The maximum atomic E-state index is 6.17. The molecule has 0 aliphatic rings. The van der Waals surface area contributed by atoms with Gasteiger partial charge in [0.05, 0.1) is 33.0 Å². The first-order valence-electron chi connectivity index (χ1n) is 12.9. The minimum atomic E-state index is 0.840. The highest BCUT2D eigenvalue weighted by Gasteiger charge is 2.25. The van der Waals surface area contributed by atoms with E-state index in [4.69, 9.17) is 18.8 Å². The maximum absolute atomic E-state index is 6.17. The zero-order valence-corrected chi connectivity index (χ0v) is 20.2. The van der Waals surface area contributed by atoms with E-state index in [1.807, 2.05) is 30.3 Å². The topological polar surface area (TPSA) is 65.3 Å². The van der Waals surface area contributed by atoms with E-state index in [1.54, 1.807) is 0 Å². The average molecular weight is 502 g/mol. The first kappa shape index (κ1) is 18.6. The van der Waals surface area contributed by atoms with Gasteiger partial charge < -0.3 is 8.83 Å². The molecule has 6 heterocycles. The number of benzene rings is 5. The molecule has 11 rings (SSSR count). The van der Waals surface area contributed by atoms with Crippen LogP contribution in [0.4, 0.5) is 0 Å². The number of fused-ring (bicyclic) bond motifs is 17. The molecule has 0 spiro atoms. The number of aromatic nitrogens is 5. The molecule has 0 amide bonds. The SMILES string of the molecule is c1ccc2c(c1)oc1cc3nc4n(c3cc12)c1cccc2c1n4c1nc3c4c(ccc3n21)oc1ccccc14.